The molecule has 1 aliphatic rings. The maximum Gasteiger partial charge on any atom is 0.407 e. The highest BCUT2D eigenvalue weighted by molar-refractivity contribution is 7.83. The summed E-state index contributed by atoms with van der Waals surface area (Å²) in [4.78, 5) is 32.4. The van der Waals surface area contributed by atoms with E-state index in [1.54, 1.807) is 33.0 Å². The summed E-state index contributed by atoms with van der Waals surface area (Å²) in [5, 5.41) is 3.48. The molecule has 1 saturated heterocycles. The van der Waals surface area contributed by atoms with Gasteiger partial charge >= 0.3 is 16.4 Å². The number of pyridine rings is 1. The lowest BCUT2D eigenvalue weighted by molar-refractivity contribution is 0.0525. The van der Waals surface area contributed by atoms with Gasteiger partial charge in [0.2, 0.25) is 5.95 Å². The highest BCUT2D eigenvalue weighted by Gasteiger charge is 2.25. The number of aromatic nitrogens is 3. The first-order valence-corrected chi connectivity index (χ1v) is 15.8. The standard InChI is InChI=1S/C28H39ClN8O5S/c1-28(2,3)42-27(38)30-10-11-37(43(39,40)41)17-16-36(20-21-8-6-5-7-9-21)25-22-18-24(29)31-19-23(22)32-26(33-25)35-14-12-34(4)13-15-35/h5-9,18-19H,10-17,20H2,1-4H3,(H,30,38)(H,39,40,41). The Balaban J connectivity index is 1.64. The molecule has 0 aliphatic carbocycles. The van der Waals surface area contributed by atoms with E-state index in [0.717, 1.165) is 36.0 Å². The van der Waals surface area contributed by atoms with Crippen LogP contribution in [0.5, 0.6) is 0 Å². The number of likely N-dealkylation sites (N-methyl/N-ethyl adjacent to an activating group) is 1. The van der Waals surface area contributed by atoms with Crippen molar-refractivity contribution in [3.63, 3.8) is 0 Å². The summed E-state index contributed by atoms with van der Waals surface area (Å²) in [5.41, 5.74) is 0.877. The Hall–Kier alpha value is -3.30. The van der Waals surface area contributed by atoms with Crippen LogP contribution in [0.15, 0.2) is 42.6 Å². The zero-order valence-electron chi connectivity index (χ0n) is 24.9. The van der Waals surface area contributed by atoms with Crippen molar-refractivity contribution in [1.82, 2.24) is 29.5 Å². The van der Waals surface area contributed by atoms with E-state index in [-0.39, 0.29) is 31.3 Å². The molecule has 1 fully saturated rings. The minimum absolute atomic E-state index is 0.0569. The van der Waals surface area contributed by atoms with Crippen molar-refractivity contribution in [1.29, 1.82) is 0 Å². The van der Waals surface area contributed by atoms with Gasteiger partial charge < -0.3 is 24.8 Å². The van der Waals surface area contributed by atoms with Crippen LogP contribution in [0.1, 0.15) is 26.3 Å². The Morgan fingerprint density at radius 3 is 2.44 bits per heavy atom. The number of halogens is 1. The molecule has 0 bridgehead atoms. The summed E-state index contributed by atoms with van der Waals surface area (Å²) in [6.07, 6.45) is 0.929. The lowest BCUT2D eigenvalue weighted by Crippen LogP contribution is -2.45. The van der Waals surface area contributed by atoms with Gasteiger partial charge in [0.1, 0.15) is 16.6 Å². The Bertz CT molecular complexity index is 1500. The largest absolute Gasteiger partial charge is 0.444 e. The van der Waals surface area contributed by atoms with E-state index in [4.69, 9.17) is 26.3 Å². The number of nitrogens with one attached hydrogen (secondary N) is 1. The molecule has 2 N–H and O–H groups in total. The van der Waals surface area contributed by atoms with Gasteiger partial charge in [0, 0.05) is 64.3 Å². The first-order valence-electron chi connectivity index (χ1n) is 14.0. The van der Waals surface area contributed by atoms with Crippen molar-refractivity contribution >= 4 is 50.7 Å². The van der Waals surface area contributed by atoms with E-state index < -0.39 is 22.0 Å². The molecule has 2 aromatic heterocycles. The fourth-order valence-corrected chi connectivity index (χ4v) is 5.40. The third-order valence-electron chi connectivity index (χ3n) is 6.79. The zero-order chi connectivity index (χ0) is 31.2. The van der Waals surface area contributed by atoms with Crippen LogP contribution in [0.2, 0.25) is 5.15 Å². The summed E-state index contributed by atoms with van der Waals surface area (Å²) in [6.45, 7) is 8.67. The zero-order valence-corrected chi connectivity index (χ0v) is 26.5. The van der Waals surface area contributed by atoms with Crippen LogP contribution in [0.25, 0.3) is 10.9 Å². The van der Waals surface area contributed by atoms with Crippen LogP contribution in [-0.4, -0.2) is 108 Å². The number of hydrogen-bond acceptors (Lipinski definition) is 10. The van der Waals surface area contributed by atoms with Crippen molar-refractivity contribution in [2.24, 2.45) is 0 Å². The molecule has 4 rings (SSSR count). The maximum absolute atomic E-state index is 12.3. The molecule has 3 heterocycles. The quantitative estimate of drug-likeness (QED) is 0.237. The van der Waals surface area contributed by atoms with E-state index in [1.807, 2.05) is 35.2 Å². The van der Waals surface area contributed by atoms with E-state index in [1.165, 1.54) is 0 Å². The number of hydrogen-bond donors (Lipinski definition) is 2. The molecule has 1 amide bonds. The van der Waals surface area contributed by atoms with Gasteiger partial charge in [-0.2, -0.15) is 17.7 Å². The average Bonchev–Trinajstić information content (AvgIpc) is 2.93. The van der Waals surface area contributed by atoms with Crippen molar-refractivity contribution in [3.05, 3.63) is 53.3 Å². The minimum Gasteiger partial charge on any atom is -0.444 e. The molecule has 0 saturated carbocycles. The summed E-state index contributed by atoms with van der Waals surface area (Å²) < 4.78 is 40.8. The summed E-state index contributed by atoms with van der Waals surface area (Å²) in [7, 11) is -2.52. The minimum atomic E-state index is -4.59. The highest BCUT2D eigenvalue weighted by atomic mass is 35.5. The van der Waals surface area contributed by atoms with Crippen molar-refractivity contribution in [2.75, 3.05) is 69.2 Å². The highest BCUT2D eigenvalue weighted by Crippen LogP contribution is 2.29. The normalized spacial score (nSPS) is 14.7. The maximum atomic E-state index is 12.3. The van der Waals surface area contributed by atoms with Gasteiger partial charge in [-0.05, 0) is 39.4 Å². The number of piperazine rings is 1. The predicted molar refractivity (Wildman–Crippen MR) is 167 cm³/mol. The molecule has 234 valence electrons. The van der Waals surface area contributed by atoms with Gasteiger partial charge in [0.25, 0.3) is 0 Å². The lowest BCUT2D eigenvalue weighted by Gasteiger charge is -2.33. The number of anilines is 2. The summed E-state index contributed by atoms with van der Waals surface area (Å²) in [6, 6.07) is 11.4. The Kier molecular flexibility index (Phi) is 10.6. The molecule has 0 atom stereocenters. The fraction of sp³-hybridized carbons (Fsp3) is 0.500. The molecule has 3 aromatic rings. The molecule has 1 aliphatic heterocycles. The molecule has 1 aromatic carbocycles. The second-order valence-electron chi connectivity index (χ2n) is 11.4. The SMILES string of the molecule is CN1CCN(c2nc(N(CCN(CCNC(=O)OC(C)(C)C)S(=O)(=O)O)Cc3ccccc3)c3cc(Cl)ncc3n2)CC1. The Morgan fingerprint density at radius 1 is 1.09 bits per heavy atom. The van der Waals surface area contributed by atoms with Crippen LogP contribution in [-0.2, 0) is 21.6 Å². The number of fused-ring (bicyclic) bond motifs is 1. The Morgan fingerprint density at radius 2 is 1.79 bits per heavy atom. The summed E-state index contributed by atoms with van der Waals surface area (Å²) >= 11 is 6.30. The van der Waals surface area contributed by atoms with Crippen LogP contribution in [0.4, 0.5) is 16.6 Å². The second-order valence-corrected chi connectivity index (χ2v) is 13.2. The number of amides is 1. The van der Waals surface area contributed by atoms with Gasteiger partial charge in [-0.15, -0.1) is 0 Å². The van der Waals surface area contributed by atoms with Gasteiger partial charge in [0.15, 0.2) is 0 Å². The fourth-order valence-electron chi connectivity index (χ4n) is 4.60. The third-order valence-corrected chi connectivity index (χ3v) is 8.02. The molecule has 0 unspecified atom stereocenters. The van der Waals surface area contributed by atoms with Crippen LogP contribution < -0.4 is 15.1 Å². The number of nitrogens with zero attached hydrogens (tertiary/aromatic N) is 7. The van der Waals surface area contributed by atoms with Gasteiger partial charge in [-0.25, -0.2) is 14.8 Å². The molecule has 13 nitrogen and oxygen atoms in total. The van der Waals surface area contributed by atoms with E-state index in [9.17, 15) is 17.8 Å². The van der Waals surface area contributed by atoms with Crippen molar-refractivity contribution in [2.45, 2.75) is 32.9 Å². The van der Waals surface area contributed by atoms with Crippen molar-refractivity contribution in [3.8, 4) is 0 Å². The van der Waals surface area contributed by atoms with Crippen LogP contribution >= 0.6 is 11.6 Å². The molecule has 0 radical (unpaired) electrons. The topological polar surface area (TPSA) is 144 Å². The number of alkyl carbamates (subject to hydrolysis) is 1. The van der Waals surface area contributed by atoms with Crippen LogP contribution in [0, 0.1) is 0 Å². The average molecular weight is 635 g/mol. The van der Waals surface area contributed by atoms with Crippen molar-refractivity contribution < 1.29 is 22.5 Å². The number of ether oxygens (including phenoxy) is 1. The molecule has 0 spiro atoms. The van der Waals surface area contributed by atoms with Gasteiger partial charge in [-0.3, -0.25) is 4.55 Å². The smallest absolute Gasteiger partial charge is 0.407 e. The number of carbonyl (C=O) groups excluding carboxylic acids is 1. The molecular weight excluding hydrogens is 596 g/mol. The lowest BCUT2D eigenvalue weighted by atomic mass is 10.2. The van der Waals surface area contributed by atoms with E-state index >= 15 is 0 Å². The Labute approximate surface area is 257 Å². The van der Waals surface area contributed by atoms with E-state index in [2.05, 4.69) is 27.1 Å². The molecular formula is C28H39ClN8O5S. The first-order chi connectivity index (χ1) is 20.3. The van der Waals surface area contributed by atoms with Crippen LogP contribution in [0.3, 0.4) is 0 Å². The number of rotatable bonds is 11. The number of benzene rings is 1. The monoisotopic (exact) mass is 634 g/mol. The predicted octanol–water partition coefficient (Wildman–Crippen LogP) is 3.07. The van der Waals surface area contributed by atoms with E-state index in [0.29, 0.717) is 29.2 Å². The molecule has 43 heavy (non-hydrogen) atoms. The number of carbonyl (C=O) groups is 1. The summed E-state index contributed by atoms with van der Waals surface area (Å²) in [5.74, 6) is 1.11. The first kappa shape index (κ1) is 32.6. The third kappa shape index (κ3) is 9.60. The van der Waals surface area contributed by atoms with Gasteiger partial charge in [-0.1, -0.05) is 41.9 Å². The molecule has 15 heteroatoms. The second kappa shape index (κ2) is 14.0. The van der Waals surface area contributed by atoms with Gasteiger partial charge in [0.05, 0.1) is 11.7 Å².